The molecule has 28 nitrogen and oxygen atoms in total. The molecule has 5 aromatic carbocycles. The highest BCUT2D eigenvalue weighted by Crippen LogP contribution is 2.42. The number of ether oxygens (including phenoxy) is 8. The van der Waals surface area contributed by atoms with Gasteiger partial charge >= 0.3 is 12.3 Å². The molecule has 8 rings (SSSR count). The van der Waals surface area contributed by atoms with Crippen LogP contribution in [0.25, 0.3) is 22.5 Å². The molecule has 0 bridgehead atoms. The number of fused-ring (bicyclic) bond motifs is 7. The van der Waals surface area contributed by atoms with E-state index in [0.29, 0.717) is 78.0 Å². The van der Waals surface area contributed by atoms with Crippen LogP contribution in [0.2, 0.25) is 0 Å². The summed E-state index contributed by atoms with van der Waals surface area (Å²) in [7, 11) is -1.37. The number of halogens is 3. The Morgan fingerprint density at radius 1 is 0.602 bits per heavy atom. The van der Waals surface area contributed by atoms with Crippen LogP contribution < -0.4 is 31.6 Å². The molecule has 5 N–H and O–H groups in total. The number of rotatable bonds is 44. The number of nitrogens with one attached hydrogen (secondary N) is 3. The Labute approximate surface area is 627 Å². The lowest BCUT2D eigenvalue weighted by Gasteiger charge is -2.30. The van der Waals surface area contributed by atoms with E-state index in [-0.39, 0.29) is 198 Å². The maximum atomic E-state index is 13.9. The van der Waals surface area contributed by atoms with Crippen molar-refractivity contribution in [1.29, 1.82) is 0 Å². The van der Waals surface area contributed by atoms with Crippen LogP contribution in [0.1, 0.15) is 92.5 Å². The molecule has 0 fully saturated rings. The molecule has 108 heavy (non-hydrogen) atoms. The maximum Gasteiger partial charge on any atom is 0.416 e. The zero-order valence-electron chi connectivity index (χ0n) is 61.3. The molecule has 0 spiro atoms. The molecular weight excluding hydrogens is 1430 g/mol. The van der Waals surface area contributed by atoms with Gasteiger partial charge in [-0.3, -0.25) is 29.0 Å². The summed E-state index contributed by atoms with van der Waals surface area (Å²) in [6.07, 6.45) is -5.33. The van der Waals surface area contributed by atoms with Crippen LogP contribution in [0.15, 0.2) is 136 Å². The number of amides is 6. The molecular formula is C76H97F3N12O16S. The van der Waals surface area contributed by atoms with Gasteiger partial charge in [-0.25, -0.2) is 17.9 Å². The summed E-state index contributed by atoms with van der Waals surface area (Å²) < 4.78 is 114. The molecule has 0 saturated carbocycles. The van der Waals surface area contributed by atoms with Gasteiger partial charge in [0.05, 0.1) is 151 Å². The van der Waals surface area contributed by atoms with Gasteiger partial charge in [-0.1, -0.05) is 97.1 Å². The Bertz CT molecular complexity index is 4090. The number of hydrogen-bond donors (Lipinski definition) is 4. The van der Waals surface area contributed by atoms with Gasteiger partial charge in [-0.15, -0.1) is 5.10 Å². The Hall–Kier alpha value is -9.54. The van der Waals surface area contributed by atoms with E-state index < -0.39 is 39.5 Å². The summed E-state index contributed by atoms with van der Waals surface area (Å²) in [5, 5.41) is 21.3. The molecule has 0 saturated heterocycles. The number of alkyl halides is 3. The van der Waals surface area contributed by atoms with Crippen molar-refractivity contribution in [1.82, 2.24) is 35.8 Å². The first-order valence-corrected chi connectivity index (χ1v) is 37.8. The highest BCUT2D eigenvalue weighted by Gasteiger charge is 2.34. The van der Waals surface area contributed by atoms with Gasteiger partial charge in [-0.05, 0) is 73.2 Å². The van der Waals surface area contributed by atoms with Crippen LogP contribution >= 0.6 is 0 Å². The molecule has 584 valence electrons. The highest BCUT2D eigenvalue weighted by atomic mass is 32.2. The fraction of sp³-hybridized carbons (Fsp3) is 0.474. The minimum atomic E-state index is -4.68. The number of methoxy groups -OCH3 is 1. The van der Waals surface area contributed by atoms with E-state index in [1.165, 1.54) is 7.05 Å². The largest absolute Gasteiger partial charge is 0.445 e. The maximum absolute atomic E-state index is 13.9. The molecule has 2 aliphatic heterocycles. The number of anilines is 2. The number of unbranched alkanes of at least 4 members (excludes halogenated alkanes) is 1. The van der Waals surface area contributed by atoms with Crippen molar-refractivity contribution in [3.63, 3.8) is 0 Å². The molecule has 32 heteroatoms. The minimum Gasteiger partial charge on any atom is -0.445 e. The van der Waals surface area contributed by atoms with Crippen LogP contribution in [-0.2, 0) is 97.5 Å². The zero-order valence-corrected chi connectivity index (χ0v) is 62.1. The second-order valence-corrected chi connectivity index (χ2v) is 27.1. The number of hydrazone groups is 1. The number of carbonyl (C=O) groups excluding carboxylic acids is 6. The standard InChI is InChI=1S/C76H97F3N12O16S/c1-4-33-82-66(92)29-31-70(96)90-53-56-16-6-9-19-61(56)73-74(63-21-11-13-23-65(63)90)91(87-86-73)38-43-104-47-51-106-50-46-103-42-37-88(68(94)24-14-7-17-58(107-75(97)81-2)54-108(98,99)59-27-25-57(26-28-59)76(77,78)79)36-41-102-45-49-105-48-44-101-40-35-84-71-62-20-10-12-22-64(62)89(69(95)32-30-67(93)83-34-39-100-3)52-55-15-5-8-18-60(55)72(71)85-80/h5-6,8-13,15-16,18-23,25-28,58H,4,7,14,17,24,29-54,80H2,1-3H3,(H,81,97)(H,82,92)(H,83,93). The number of alkyl carbamates (subject to hydrolysis) is 1. The van der Waals surface area contributed by atoms with E-state index in [9.17, 15) is 50.4 Å². The smallest absolute Gasteiger partial charge is 0.416 e. The topological polar surface area (TPSA) is 338 Å². The van der Waals surface area contributed by atoms with Gasteiger partial charge in [0.15, 0.2) is 9.84 Å². The van der Waals surface area contributed by atoms with Crippen LogP contribution in [0.3, 0.4) is 0 Å². The van der Waals surface area contributed by atoms with Crippen molar-refractivity contribution >= 4 is 68.3 Å². The van der Waals surface area contributed by atoms with Crippen LogP contribution in [0.5, 0.6) is 0 Å². The predicted octanol–water partition coefficient (Wildman–Crippen LogP) is 7.71. The number of para-hydroxylation sites is 2. The summed E-state index contributed by atoms with van der Waals surface area (Å²) >= 11 is 0. The number of hydrogen-bond acceptors (Lipinski definition) is 21. The molecule has 6 aromatic rings. The third-order valence-electron chi connectivity index (χ3n) is 17.5. The lowest BCUT2D eigenvalue weighted by atomic mass is 9.91. The summed E-state index contributed by atoms with van der Waals surface area (Å²) in [6.45, 7) is 7.14. The van der Waals surface area contributed by atoms with Gasteiger partial charge < -0.3 is 74.4 Å². The van der Waals surface area contributed by atoms with Crippen molar-refractivity contribution in [2.24, 2.45) is 15.9 Å². The van der Waals surface area contributed by atoms with Crippen molar-refractivity contribution in [2.45, 2.75) is 102 Å². The molecule has 1 aromatic heterocycles. The minimum absolute atomic E-state index is 0.00337. The van der Waals surface area contributed by atoms with Crippen molar-refractivity contribution in [3.8, 4) is 22.5 Å². The second-order valence-electron chi connectivity index (χ2n) is 25.1. The Morgan fingerprint density at radius 2 is 1.12 bits per heavy atom. The monoisotopic (exact) mass is 1520 g/mol. The first-order chi connectivity index (χ1) is 52.3. The summed E-state index contributed by atoms with van der Waals surface area (Å²) in [4.78, 5) is 88.6. The van der Waals surface area contributed by atoms with Gasteiger partial charge in [0.2, 0.25) is 29.5 Å². The third-order valence-corrected chi connectivity index (χ3v) is 19.3. The number of sulfone groups is 1. The molecule has 0 aliphatic carbocycles. The van der Waals surface area contributed by atoms with E-state index in [0.717, 1.165) is 46.5 Å². The number of aromatic nitrogens is 3. The van der Waals surface area contributed by atoms with E-state index >= 15 is 0 Å². The molecule has 0 radical (unpaired) electrons. The van der Waals surface area contributed by atoms with Crippen molar-refractivity contribution in [3.05, 3.63) is 149 Å². The molecule has 1 unspecified atom stereocenters. The summed E-state index contributed by atoms with van der Waals surface area (Å²) in [5.74, 6) is 4.26. The zero-order chi connectivity index (χ0) is 77.1. The number of aliphatic imine (C=N–C) groups is 1. The fourth-order valence-electron chi connectivity index (χ4n) is 12.0. The Kier molecular flexibility index (Phi) is 34.3. The van der Waals surface area contributed by atoms with E-state index in [1.54, 1.807) is 26.5 Å². The summed E-state index contributed by atoms with van der Waals surface area (Å²) in [6, 6.07) is 33.2. The lowest BCUT2D eigenvalue weighted by molar-refractivity contribution is -0.137. The Balaban J connectivity index is 0.792. The molecule has 6 amide bonds. The first-order valence-electron chi connectivity index (χ1n) is 36.1. The molecule has 2 aliphatic rings. The normalized spacial score (nSPS) is 13.7. The second kappa shape index (κ2) is 44.1. The van der Waals surface area contributed by atoms with Gasteiger partial charge in [0.25, 0.3) is 0 Å². The first kappa shape index (κ1) is 84.1. The van der Waals surface area contributed by atoms with Gasteiger partial charge in [0.1, 0.15) is 17.5 Å². The van der Waals surface area contributed by atoms with Gasteiger partial charge in [0, 0.05) is 94.7 Å². The number of nitrogens with two attached hydrogens (primary N) is 1. The van der Waals surface area contributed by atoms with E-state index in [2.05, 4.69) is 31.4 Å². The SMILES string of the molecule is CCCNC(=O)CCC(=O)N1Cc2ccccc2-c2nnn(CCOCCOCCOCCN(CCOCCOCCOCCN=C3C(=NN)c4ccccc4CN(C(=O)CCC(=O)NCCOC)c4ccccc43)C(=O)CCCCC(CS(=O)(=O)c3ccc(C(F)(F)F)cc3)OC(=O)NC)c2-c2ccccc21. The molecule has 3 heterocycles. The Morgan fingerprint density at radius 3 is 1.69 bits per heavy atom. The number of benzene rings is 5. The fourth-order valence-corrected chi connectivity index (χ4v) is 13.5. The van der Waals surface area contributed by atoms with E-state index in [1.807, 2.05) is 104 Å². The lowest BCUT2D eigenvalue weighted by Crippen LogP contribution is -2.37. The van der Waals surface area contributed by atoms with Crippen LogP contribution in [-0.4, -0.2) is 220 Å². The van der Waals surface area contributed by atoms with Crippen LogP contribution in [0, 0.1) is 0 Å². The highest BCUT2D eigenvalue weighted by molar-refractivity contribution is 7.91. The van der Waals surface area contributed by atoms with E-state index in [4.69, 9.17) is 48.7 Å². The van der Waals surface area contributed by atoms with Crippen LogP contribution in [0.4, 0.5) is 29.3 Å². The van der Waals surface area contributed by atoms with Crippen molar-refractivity contribution < 1.29 is 88.3 Å². The van der Waals surface area contributed by atoms with Gasteiger partial charge in [-0.2, -0.15) is 18.3 Å². The average molecular weight is 1520 g/mol. The number of nitrogens with zero attached hydrogens (tertiary/aromatic N) is 8. The molecule has 1 atom stereocenters. The third kappa shape index (κ3) is 25.6. The predicted molar refractivity (Wildman–Crippen MR) is 398 cm³/mol. The summed E-state index contributed by atoms with van der Waals surface area (Å²) in [5.41, 5.74) is 7.16. The average Bonchev–Trinajstić information content (AvgIpc) is 1.45. The van der Waals surface area contributed by atoms with Crippen molar-refractivity contribution in [2.75, 3.05) is 148 Å². The quantitative estimate of drug-likeness (QED) is 0.0162. The number of carbonyl (C=O) groups is 6.